The summed E-state index contributed by atoms with van der Waals surface area (Å²) >= 11 is 6.06. The van der Waals surface area contributed by atoms with Gasteiger partial charge in [-0.15, -0.1) is 5.10 Å². The van der Waals surface area contributed by atoms with Gasteiger partial charge in [0, 0.05) is 19.1 Å². The summed E-state index contributed by atoms with van der Waals surface area (Å²) < 4.78 is 12.0. The summed E-state index contributed by atoms with van der Waals surface area (Å²) in [5, 5.41) is 8.30. The number of nitrogens with zero attached hydrogens (tertiary/aromatic N) is 3. The topological polar surface area (TPSA) is 66.2 Å². The second-order valence-electron chi connectivity index (χ2n) is 4.15. The Morgan fingerprint density at radius 1 is 1.25 bits per heavy atom. The molecule has 0 spiro atoms. The number of carbonyl (C=O) groups excluding carboxylic acids is 1. The first kappa shape index (κ1) is 14.3. The van der Waals surface area contributed by atoms with Crippen LogP contribution in [0.25, 0.3) is 5.69 Å². The fourth-order valence-electron chi connectivity index (χ4n) is 1.89. The number of hydrogen-bond donors (Lipinski definition) is 0. The van der Waals surface area contributed by atoms with Crippen LogP contribution in [0.1, 0.15) is 23.1 Å². The van der Waals surface area contributed by atoms with Crippen LogP contribution in [0.4, 0.5) is 0 Å². The van der Waals surface area contributed by atoms with Crippen molar-refractivity contribution in [1.82, 2.24) is 15.0 Å². The lowest BCUT2D eigenvalue weighted by Gasteiger charge is -2.12. The number of carbonyl (C=O) groups is 1. The number of aromatic nitrogens is 3. The Morgan fingerprint density at radius 3 is 2.40 bits per heavy atom. The second-order valence-corrected chi connectivity index (χ2v) is 4.56. The van der Waals surface area contributed by atoms with E-state index in [9.17, 15) is 4.79 Å². The molecule has 1 aromatic carbocycles. The molecular weight excluding hydrogens is 282 g/mol. The highest BCUT2D eigenvalue weighted by Gasteiger charge is 2.18. The molecule has 2 rings (SSSR count). The summed E-state index contributed by atoms with van der Waals surface area (Å²) in [6, 6.07) is 3.32. The summed E-state index contributed by atoms with van der Waals surface area (Å²) in [6.07, 6.45) is 0. The number of halogens is 1. The number of hydrogen-bond acceptors (Lipinski definition) is 5. The lowest BCUT2D eigenvalue weighted by Crippen LogP contribution is -2.04. The van der Waals surface area contributed by atoms with E-state index in [0.717, 1.165) is 0 Å². The minimum absolute atomic E-state index is 0.145. The number of Topliss-reactive ketones (excluding diaryl/α,β-unsaturated/α-hetero) is 1. The maximum absolute atomic E-state index is 11.4. The molecular formula is C13H14ClN3O3. The number of methoxy groups -OCH3 is 2. The van der Waals surface area contributed by atoms with E-state index in [2.05, 4.69) is 10.3 Å². The van der Waals surface area contributed by atoms with Crippen LogP contribution < -0.4 is 9.47 Å². The summed E-state index contributed by atoms with van der Waals surface area (Å²) in [4.78, 5) is 11.4. The van der Waals surface area contributed by atoms with E-state index in [1.807, 2.05) is 0 Å². The molecule has 0 saturated heterocycles. The van der Waals surface area contributed by atoms with Crippen molar-refractivity contribution in [1.29, 1.82) is 0 Å². The summed E-state index contributed by atoms with van der Waals surface area (Å²) in [5.41, 5.74) is 1.55. The van der Waals surface area contributed by atoms with Gasteiger partial charge in [0.25, 0.3) is 0 Å². The smallest absolute Gasteiger partial charge is 0.181 e. The Bertz CT molecular complexity index is 667. The average Bonchev–Trinajstić information content (AvgIpc) is 2.80. The minimum Gasteiger partial charge on any atom is -0.495 e. The van der Waals surface area contributed by atoms with Gasteiger partial charge in [0.2, 0.25) is 0 Å². The molecule has 1 aromatic heterocycles. The van der Waals surface area contributed by atoms with Crippen molar-refractivity contribution < 1.29 is 14.3 Å². The molecule has 0 aliphatic heterocycles. The molecule has 1 heterocycles. The zero-order valence-electron chi connectivity index (χ0n) is 11.6. The average molecular weight is 296 g/mol. The van der Waals surface area contributed by atoms with Gasteiger partial charge in [-0.05, 0) is 6.92 Å². The summed E-state index contributed by atoms with van der Waals surface area (Å²) in [5.74, 6) is 0.856. The molecule has 6 nitrogen and oxygen atoms in total. The van der Waals surface area contributed by atoms with Gasteiger partial charge in [0.1, 0.15) is 17.2 Å². The molecule has 0 atom stereocenters. The van der Waals surface area contributed by atoms with Gasteiger partial charge in [-0.2, -0.15) is 0 Å². The zero-order chi connectivity index (χ0) is 14.9. The Morgan fingerprint density at radius 2 is 1.90 bits per heavy atom. The van der Waals surface area contributed by atoms with E-state index in [0.29, 0.717) is 33.6 Å². The van der Waals surface area contributed by atoms with E-state index in [1.165, 1.54) is 25.8 Å². The normalized spacial score (nSPS) is 10.4. The monoisotopic (exact) mass is 295 g/mol. The van der Waals surface area contributed by atoms with E-state index in [1.54, 1.807) is 19.1 Å². The van der Waals surface area contributed by atoms with Gasteiger partial charge in [-0.3, -0.25) is 4.79 Å². The van der Waals surface area contributed by atoms with E-state index in [4.69, 9.17) is 21.1 Å². The molecule has 2 aromatic rings. The first-order valence-corrected chi connectivity index (χ1v) is 6.22. The molecule has 0 bridgehead atoms. The van der Waals surface area contributed by atoms with Gasteiger partial charge >= 0.3 is 0 Å². The van der Waals surface area contributed by atoms with Crippen LogP contribution >= 0.6 is 11.6 Å². The molecule has 0 aliphatic rings. The second kappa shape index (κ2) is 5.50. The lowest BCUT2D eigenvalue weighted by atomic mass is 10.2. The Hall–Kier alpha value is -2.08. The molecule has 0 aliphatic carbocycles. The van der Waals surface area contributed by atoms with Crippen molar-refractivity contribution in [3.8, 4) is 17.2 Å². The van der Waals surface area contributed by atoms with Gasteiger partial charge in [-0.25, -0.2) is 4.68 Å². The zero-order valence-corrected chi connectivity index (χ0v) is 12.4. The van der Waals surface area contributed by atoms with Crippen LogP contribution in [0.2, 0.25) is 5.02 Å². The highest BCUT2D eigenvalue weighted by Crippen LogP contribution is 2.34. The third kappa shape index (κ3) is 2.34. The predicted octanol–water partition coefficient (Wildman–Crippen LogP) is 2.45. The van der Waals surface area contributed by atoms with Crippen LogP contribution in [0.15, 0.2) is 12.1 Å². The maximum atomic E-state index is 11.4. The highest BCUT2D eigenvalue weighted by molar-refractivity contribution is 6.32. The highest BCUT2D eigenvalue weighted by atomic mass is 35.5. The summed E-state index contributed by atoms with van der Waals surface area (Å²) in [6.45, 7) is 3.21. The number of benzene rings is 1. The standard InChI is InChI=1S/C13H14ClN3O3/c1-7-13(8(2)18)15-16-17(7)10-6-11(19-3)9(14)5-12(10)20-4/h5-6H,1-4H3. The Labute approximate surface area is 121 Å². The van der Waals surface area contributed by atoms with Crippen molar-refractivity contribution in [3.05, 3.63) is 28.5 Å². The van der Waals surface area contributed by atoms with Crippen LogP contribution in [-0.2, 0) is 0 Å². The van der Waals surface area contributed by atoms with Gasteiger partial charge in [-0.1, -0.05) is 16.8 Å². The quantitative estimate of drug-likeness (QED) is 0.811. The van der Waals surface area contributed by atoms with E-state index < -0.39 is 0 Å². The Balaban J connectivity index is 2.65. The molecule has 106 valence electrons. The Kier molecular flexibility index (Phi) is 3.94. The molecule has 0 saturated carbocycles. The molecule has 7 heteroatoms. The molecule has 0 N–H and O–H groups in total. The number of ether oxygens (including phenoxy) is 2. The van der Waals surface area contributed by atoms with Gasteiger partial charge in [0.15, 0.2) is 11.5 Å². The van der Waals surface area contributed by atoms with Crippen LogP contribution in [0.3, 0.4) is 0 Å². The molecule has 0 amide bonds. The van der Waals surface area contributed by atoms with Crippen molar-refractivity contribution >= 4 is 17.4 Å². The SMILES string of the molecule is COc1cc(-n2nnc(C(C)=O)c2C)c(OC)cc1Cl. The predicted molar refractivity (Wildman–Crippen MR) is 74.2 cm³/mol. The third-order valence-corrected chi connectivity index (χ3v) is 3.20. The molecule has 0 fully saturated rings. The number of rotatable bonds is 4. The first-order chi connectivity index (χ1) is 9.49. The molecule has 0 unspecified atom stereocenters. The summed E-state index contributed by atoms with van der Waals surface area (Å²) in [7, 11) is 3.05. The van der Waals surface area contributed by atoms with E-state index >= 15 is 0 Å². The van der Waals surface area contributed by atoms with Crippen LogP contribution in [0, 0.1) is 6.92 Å². The van der Waals surface area contributed by atoms with Gasteiger partial charge < -0.3 is 9.47 Å². The number of ketones is 1. The maximum Gasteiger partial charge on any atom is 0.181 e. The van der Waals surface area contributed by atoms with Crippen molar-refractivity contribution in [2.45, 2.75) is 13.8 Å². The van der Waals surface area contributed by atoms with Crippen LogP contribution in [-0.4, -0.2) is 35.0 Å². The largest absolute Gasteiger partial charge is 0.495 e. The lowest BCUT2D eigenvalue weighted by molar-refractivity contribution is 0.101. The van der Waals surface area contributed by atoms with Crippen molar-refractivity contribution in [2.24, 2.45) is 0 Å². The van der Waals surface area contributed by atoms with Gasteiger partial charge in [0.05, 0.1) is 24.9 Å². The molecule has 0 radical (unpaired) electrons. The van der Waals surface area contributed by atoms with Crippen molar-refractivity contribution in [3.63, 3.8) is 0 Å². The fraction of sp³-hybridized carbons (Fsp3) is 0.308. The third-order valence-electron chi connectivity index (χ3n) is 2.91. The van der Waals surface area contributed by atoms with Crippen molar-refractivity contribution in [2.75, 3.05) is 14.2 Å². The van der Waals surface area contributed by atoms with E-state index in [-0.39, 0.29) is 5.78 Å². The molecule has 20 heavy (non-hydrogen) atoms. The fourth-order valence-corrected chi connectivity index (χ4v) is 2.12. The first-order valence-electron chi connectivity index (χ1n) is 5.84. The van der Waals surface area contributed by atoms with Crippen LogP contribution in [0.5, 0.6) is 11.5 Å². The minimum atomic E-state index is -0.145.